The first-order valence-corrected chi connectivity index (χ1v) is 2.43. The molecule has 0 aliphatic carbocycles. The molecule has 0 aromatic carbocycles. The molecule has 2 nitrogen and oxygen atoms in total. The van der Waals surface area contributed by atoms with Crippen LogP contribution in [0.25, 0.3) is 0 Å². The Kier molecular flexibility index (Phi) is 1.47. The molecule has 0 N–H and O–H groups in total. The first kappa shape index (κ1) is 5.09. The number of hydrogen-bond donors (Lipinski definition) is 0. The van der Waals surface area contributed by atoms with Gasteiger partial charge in [-0.15, -0.1) is 0 Å². The third-order valence-electron chi connectivity index (χ3n) is 0.785. The zero-order valence-corrected chi connectivity index (χ0v) is 4.66. The molecule has 0 unspecified atom stereocenters. The molecule has 42 valence electrons. The van der Waals surface area contributed by atoms with E-state index in [-0.39, 0.29) is 0 Å². The molecule has 0 bridgehead atoms. The summed E-state index contributed by atoms with van der Waals surface area (Å²) in [6, 6.07) is 0. The lowest BCUT2D eigenvalue weighted by Crippen LogP contribution is -1.80. The quantitative estimate of drug-likeness (QED) is 0.461. The third-order valence-corrected chi connectivity index (χ3v) is 0.785. The summed E-state index contributed by atoms with van der Waals surface area (Å²) in [5.41, 5.74) is 0.884. The van der Waals surface area contributed by atoms with E-state index in [1.165, 1.54) is 6.26 Å². The van der Waals surface area contributed by atoms with Gasteiger partial charge < -0.3 is 4.84 Å². The molecule has 0 saturated carbocycles. The van der Waals surface area contributed by atoms with Crippen LogP contribution in [0, 0.1) is 0 Å². The van der Waals surface area contributed by atoms with Crippen molar-refractivity contribution >= 4 is 5.71 Å². The average molecular weight is 109 g/mol. The van der Waals surface area contributed by atoms with Gasteiger partial charge in [0, 0.05) is 0 Å². The first-order valence-electron chi connectivity index (χ1n) is 2.43. The number of allylic oxidation sites excluding steroid dienone is 3. The molecule has 1 rings (SSSR count). The summed E-state index contributed by atoms with van der Waals surface area (Å²) in [7, 11) is 0. The van der Waals surface area contributed by atoms with Gasteiger partial charge in [0.2, 0.25) is 0 Å². The predicted octanol–water partition coefficient (Wildman–Crippen LogP) is 1.46. The van der Waals surface area contributed by atoms with Crippen LogP contribution in [-0.2, 0) is 4.84 Å². The number of hydrogen-bond acceptors (Lipinski definition) is 2. The van der Waals surface area contributed by atoms with Crippen molar-refractivity contribution in [3.05, 3.63) is 24.5 Å². The smallest absolute Gasteiger partial charge is 0.122 e. The highest BCUT2D eigenvalue weighted by Crippen LogP contribution is 1.90. The Morgan fingerprint density at radius 1 is 1.50 bits per heavy atom. The Balaban J connectivity index is 2.69. The average Bonchev–Trinajstić information content (AvgIpc) is 1.94. The monoisotopic (exact) mass is 109 g/mol. The van der Waals surface area contributed by atoms with Gasteiger partial charge in [0.1, 0.15) is 6.26 Å². The van der Waals surface area contributed by atoms with Crippen LogP contribution >= 0.6 is 0 Å². The Bertz CT molecular complexity index is 153. The first-order chi connectivity index (χ1) is 3.89. The van der Waals surface area contributed by atoms with Crippen LogP contribution in [0.4, 0.5) is 0 Å². The SMILES string of the molecule is CC1=NOC=CC=C1. The van der Waals surface area contributed by atoms with Gasteiger partial charge in [-0.3, -0.25) is 0 Å². The number of oxime groups is 1. The minimum Gasteiger partial charge on any atom is -0.365 e. The zero-order valence-electron chi connectivity index (χ0n) is 4.66. The van der Waals surface area contributed by atoms with E-state index in [2.05, 4.69) is 9.99 Å². The van der Waals surface area contributed by atoms with E-state index in [4.69, 9.17) is 0 Å². The van der Waals surface area contributed by atoms with E-state index in [0.29, 0.717) is 0 Å². The van der Waals surface area contributed by atoms with Gasteiger partial charge in [-0.05, 0) is 19.1 Å². The van der Waals surface area contributed by atoms with E-state index < -0.39 is 0 Å². The minimum absolute atomic E-state index is 0.884. The fourth-order valence-corrected chi connectivity index (χ4v) is 0.419. The van der Waals surface area contributed by atoms with Crippen LogP contribution in [0.1, 0.15) is 6.92 Å². The fourth-order valence-electron chi connectivity index (χ4n) is 0.419. The Labute approximate surface area is 48.1 Å². The molecule has 8 heavy (non-hydrogen) atoms. The summed E-state index contributed by atoms with van der Waals surface area (Å²) >= 11 is 0. The summed E-state index contributed by atoms with van der Waals surface area (Å²) < 4.78 is 0. The fraction of sp³-hybridized carbons (Fsp3) is 0.167. The maximum absolute atomic E-state index is 4.65. The van der Waals surface area contributed by atoms with Crippen molar-refractivity contribution < 1.29 is 4.84 Å². The van der Waals surface area contributed by atoms with Crippen LogP contribution in [0.5, 0.6) is 0 Å². The molecule has 0 saturated heterocycles. The lowest BCUT2D eigenvalue weighted by molar-refractivity contribution is 0.269. The molecule has 0 aromatic heterocycles. The molecule has 0 spiro atoms. The van der Waals surface area contributed by atoms with Crippen molar-refractivity contribution in [1.82, 2.24) is 0 Å². The molecule has 2 heteroatoms. The summed E-state index contributed by atoms with van der Waals surface area (Å²) in [5, 5.41) is 3.67. The normalized spacial score (nSPS) is 16.9. The predicted molar refractivity (Wildman–Crippen MR) is 32.5 cm³/mol. The van der Waals surface area contributed by atoms with Gasteiger partial charge in [-0.25, -0.2) is 0 Å². The molecule has 0 radical (unpaired) electrons. The maximum atomic E-state index is 4.65. The third kappa shape index (κ3) is 1.22. The van der Waals surface area contributed by atoms with Crippen molar-refractivity contribution in [3.8, 4) is 0 Å². The van der Waals surface area contributed by atoms with Gasteiger partial charge in [-0.1, -0.05) is 11.2 Å². The summed E-state index contributed by atoms with van der Waals surface area (Å²) in [4.78, 5) is 4.65. The second-order valence-corrected chi connectivity index (χ2v) is 1.53. The standard InChI is InChI=1S/C6H7NO/c1-6-4-2-3-5-8-7-6/h2-5H,1H3. The second-order valence-electron chi connectivity index (χ2n) is 1.53. The van der Waals surface area contributed by atoms with Gasteiger partial charge in [0.05, 0.1) is 5.71 Å². The van der Waals surface area contributed by atoms with E-state index in [1.54, 1.807) is 6.08 Å². The number of rotatable bonds is 0. The van der Waals surface area contributed by atoms with Crippen LogP contribution < -0.4 is 0 Å². The molecule has 1 heterocycles. The molecular weight excluding hydrogens is 102 g/mol. The molecule has 1 aliphatic rings. The summed E-state index contributed by atoms with van der Waals surface area (Å²) in [5.74, 6) is 0. The molecule has 1 aliphatic heterocycles. The Morgan fingerprint density at radius 3 is 3.25 bits per heavy atom. The van der Waals surface area contributed by atoms with Crippen LogP contribution in [0.15, 0.2) is 29.6 Å². The molecular formula is C6H7NO. The second kappa shape index (κ2) is 2.31. The van der Waals surface area contributed by atoms with Crippen LogP contribution in [-0.4, -0.2) is 5.71 Å². The van der Waals surface area contributed by atoms with Gasteiger partial charge in [0.15, 0.2) is 0 Å². The maximum Gasteiger partial charge on any atom is 0.122 e. The molecule has 0 amide bonds. The van der Waals surface area contributed by atoms with Crippen molar-refractivity contribution in [2.75, 3.05) is 0 Å². The number of nitrogens with zero attached hydrogens (tertiary/aromatic N) is 1. The van der Waals surface area contributed by atoms with Crippen molar-refractivity contribution in [2.24, 2.45) is 5.16 Å². The van der Waals surface area contributed by atoms with E-state index in [9.17, 15) is 0 Å². The summed E-state index contributed by atoms with van der Waals surface area (Å²) in [6.07, 6.45) is 7.09. The van der Waals surface area contributed by atoms with E-state index in [0.717, 1.165) is 5.71 Å². The molecule has 0 aromatic rings. The van der Waals surface area contributed by atoms with Gasteiger partial charge >= 0.3 is 0 Å². The molecule has 0 fully saturated rings. The Morgan fingerprint density at radius 2 is 2.38 bits per heavy atom. The molecule has 0 atom stereocenters. The van der Waals surface area contributed by atoms with E-state index in [1.807, 2.05) is 19.1 Å². The van der Waals surface area contributed by atoms with Crippen LogP contribution in [0.3, 0.4) is 0 Å². The minimum atomic E-state index is 0.884. The van der Waals surface area contributed by atoms with Crippen LogP contribution in [0.2, 0.25) is 0 Å². The van der Waals surface area contributed by atoms with Crippen molar-refractivity contribution in [1.29, 1.82) is 0 Å². The highest BCUT2D eigenvalue weighted by Gasteiger charge is 1.83. The summed E-state index contributed by atoms with van der Waals surface area (Å²) in [6.45, 7) is 1.88. The van der Waals surface area contributed by atoms with E-state index >= 15 is 0 Å². The largest absolute Gasteiger partial charge is 0.365 e. The highest BCUT2D eigenvalue weighted by molar-refractivity contribution is 5.92. The Hall–Kier alpha value is -1.05. The highest BCUT2D eigenvalue weighted by atomic mass is 16.6. The lowest BCUT2D eigenvalue weighted by atomic mass is 10.4. The van der Waals surface area contributed by atoms with Gasteiger partial charge in [-0.2, -0.15) is 0 Å². The van der Waals surface area contributed by atoms with Crippen molar-refractivity contribution in [2.45, 2.75) is 6.92 Å². The van der Waals surface area contributed by atoms with Gasteiger partial charge in [0.25, 0.3) is 0 Å². The topological polar surface area (TPSA) is 21.6 Å². The lowest BCUT2D eigenvalue weighted by Gasteiger charge is -1.84. The zero-order chi connectivity index (χ0) is 5.82. The van der Waals surface area contributed by atoms with Crippen molar-refractivity contribution in [3.63, 3.8) is 0 Å².